The lowest BCUT2D eigenvalue weighted by molar-refractivity contribution is 0.101. The van der Waals surface area contributed by atoms with Crippen molar-refractivity contribution < 1.29 is 9.53 Å². The molecule has 1 aromatic rings. The second-order valence-electron chi connectivity index (χ2n) is 2.96. The number of rotatable bonds is 4. The molecule has 0 amide bonds. The van der Waals surface area contributed by atoms with Crippen LogP contribution in [0.5, 0.6) is 0 Å². The van der Waals surface area contributed by atoms with Crippen molar-refractivity contribution in [2.45, 2.75) is 13.8 Å². The summed E-state index contributed by atoms with van der Waals surface area (Å²) in [5.74, 6) is 0.583. The van der Waals surface area contributed by atoms with Crippen molar-refractivity contribution in [1.29, 1.82) is 0 Å². The van der Waals surface area contributed by atoms with E-state index in [0.29, 0.717) is 17.9 Å². The van der Waals surface area contributed by atoms with Crippen LogP contribution in [0.1, 0.15) is 29.8 Å². The first-order chi connectivity index (χ1) is 6.66. The van der Waals surface area contributed by atoms with Gasteiger partial charge in [0.25, 0.3) is 0 Å². The highest BCUT2D eigenvalue weighted by molar-refractivity contribution is 5.98. The summed E-state index contributed by atoms with van der Waals surface area (Å²) in [6.07, 6.45) is 0. The van der Waals surface area contributed by atoms with Gasteiger partial charge >= 0.3 is 0 Å². The molecule has 0 heterocycles. The summed E-state index contributed by atoms with van der Waals surface area (Å²) in [5.41, 5.74) is 1.44. The quantitative estimate of drug-likeness (QED) is 0.539. The molecule has 74 valence electrons. The molecule has 0 unspecified atom stereocenters. The maximum absolute atomic E-state index is 11.3. The molecule has 0 N–H and O–H groups in total. The van der Waals surface area contributed by atoms with Gasteiger partial charge in [0, 0.05) is 11.1 Å². The average Bonchev–Trinajstić information content (AvgIpc) is 2.18. The zero-order valence-corrected chi connectivity index (χ0v) is 8.54. The van der Waals surface area contributed by atoms with E-state index in [1.54, 1.807) is 6.07 Å². The number of carbonyl (C=O) groups excluding carboxylic acids is 1. The molecule has 0 atom stereocenters. The molecule has 0 aliphatic carbocycles. The standard InChI is InChI=1S/C12H14O2/c1-4-14-10(3)12-8-6-5-7-11(12)9(2)13/h5-8H,3-4H2,1-2H3. The number of ether oxygens (including phenoxy) is 1. The first kappa shape index (κ1) is 10.5. The minimum absolute atomic E-state index is 0.0291. The lowest BCUT2D eigenvalue weighted by Crippen LogP contribution is -2.00. The van der Waals surface area contributed by atoms with E-state index in [2.05, 4.69) is 6.58 Å². The SMILES string of the molecule is C=C(OCC)c1ccccc1C(C)=O. The first-order valence-electron chi connectivity index (χ1n) is 4.58. The predicted molar refractivity (Wildman–Crippen MR) is 57.1 cm³/mol. The molecule has 0 bridgehead atoms. The van der Waals surface area contributed by atoms with Crippen molar-refractivity contribution in [2.75, 3.05) is 6.61 Å². The maximum atomic E-state index is 11.3. The van der Waals surface area contributed by atoms with Crippen LogP contribution in [0.4, 0.5) is 0 Å². The van der Waals surface area contributed by atoms with E-state index in [0.717, 1.165) is 5.56 Å². The highest BCUT2D eigenvalue weighted by Crippen LogP contribution is 2.18. The summed E-state index contributed by atoms with van der Waals surface area (Å²) in [6, 6.07) is 7.32. The Balaban J connectivity index is 3.07. The van der Waals surface area contributed by atoms with Gasteiger partial charge in [-0.3, -0.25) is 4.79 Å². The Morgan fingerprint density at radius 3 is 2.43 bits per heavy atom. The third-order valence-corrected chi connectivity index (χ3v) is 1.93. The van der Waals surface area contributed by atoms with Crippen molar-refractivity contribution in [3.8, 4) is 0 Å². The molecule has 0 saturated carbocycles. The van der Waals surface area contributed by atoms with E-state index in [1.807, 2.05) is 25.1 Å². The first-order valence-corrected chi connectivity index (χ1v) is 4.58. The van der Waals surface area contributed by atoms with Crippen molar-refractivity contribution in [3.05, 3.63) is 42.0 Å². The van der Waals surface area contributed by atoms with Gasteiger partial charge in [-0.2, -0.15) is 0 Å². The van der Waals surface area contributed by atoms with Crippen LogP contribution in [0.25, 0.3) is 5.76 Å². The van der Waals surface area contributed by atoms with Gasteiger partial charge < -0.3 is 4.74 Å². The summed E-state index contributed by atoms with van der Waals surface area (Å²) >= 11 is 0. The van der Waals surface area contributed by atoms with Crippen LogP contribution in [0.15, 0.2) is 30.8 Å². The maximum Gasteiger partial charge on any atom is 0.160 e. The Morgan fingerprint density at radius 1 is 1.36 bits per heavy atom. The molecule has 0 fully saturated rings. The fourth-order valence-electron chi connectivity index (χ4n) is 1.29. The van der Waals surface area contributed by atoms with Crippen molar-refractivity contribution in [3.63, 3.8) is 0 Å². The molecule has 0 radical (unpaired) electrons. The van der Waals surface area contributed by atoms with Gasteiger partial charge in [-0.05, 0) is 13.8 Å². The monoisotopic (exact) mass is 190 g/mol. The number of hydrogen-bond acceptors (Lipinski definition) is 2. The van der Waals surface area contributed by atoms with Gasteiger partial charge in [-0.1, -0.05) is 30.8 Å². The third-order valence-electron chi connectivity index (χ3n) is 1.93. The summed E-state index contributed by atoms with van der Waals surface area (Å²) in [6.45, 7) is 7.77. The minimum atomic E-state index is 0.0291. The van der Waals surface area contributed by atoms with Crippen LogP contribution in [-0.4, -0.2) is 12.4 Å². The number of benzene rings is 1. The summed E-state index contributed by atoms with van der Waals surface area (Å²) < 4.78 is 5.27. The molecule has 0 aliphatic rings. The molecule has 14 heavy (non-hydrogen) atoms. The number of carbonyl (C=O) groups is 1. The lowest BCUT2D eigenvalue weighted by Gasteiger charge is -2.09. The molecule has 0 spiro atoms. The van der Waals surface area contributed by atoms with Gasteiger partial charge in [-0.15, -0.1) is 0 Å². The highest BCUT2D eigenvalue weighted by Gasteiger charge is 2.09. The lowest BCUT2D eigenvalue weighted by atomic mass is 10.0. The predicted octanol–water partition coefficient (Wildman–Crippen LogP) is 2.90. The van der Waals surface area contributed by atoms with Gasteiger partial charge in [0.15, 0.2) is 5.78 Å². The smallest absolute Gasteiger partial charge is 0.160 e. The van der Waals surface area contributed by atoms with E-state index in [9.17, 15) is 4.79 Å². The molecule has 0 aromatic heterocycles. The molecule has 1 rings (SSSR count). The highest BCUT2D eigenvalue weighted by atomic mass is 16.5. The van der Waals surface area contributed by atoms with E-state index < -0.39 is 0 Å². The topological polar surface area (TPSA) is 26.3 Å². The van der Waals surface area contributed by atoms with Crippen LogP contribution >= 0.6 is 0 Å². The Bertz CT molecular complexity index is 353. The number of ketones is 1. The van der Waals surface area contributed by atoms with Gasteiger partial charge in [0.2, 0.25) is 0 Å². The largest absolute Gasteiger partial charge is 0.494 e. The minimum Gasteiger partial charge on any atom is -0.494 e. The Morgan fingerprint density at radius 2 is 1.93 bits per heavy atom. The van der Waals surface area contributed by atoms with Crippen molar-refractivity contribution >= 4 is 11.5 Å². The zero-order valence-electron chi connectivity index (χ0n) is 8.54. The van der Waals surface area contributed by atoms with Crippen LogP contribution in [0, 0.1) is 0 Å². The van der Waals surface area contributed by atoms with Crippen LogP contribution in [0.2, 0.25) is 0 Å². The molecule has 2 heteroatoms. The second kappa shape index (κ2) is 4.61. The number of Topliss-reactive ketones (excluding diaryl/α,β-unsaturated/α-hetero) is 1. The Kier molecular flexibility index (Phi) is 3.46. The van der Waals surface area contributed by atoms with Crippen LogP contribution in [0.3, 0.4) is 0 Å². The van der Waals surface area contributed by atoms with Crippen molar-refractivity contribution in [1.82, 2.24) is 0 Å². The summed E-state index contributed by atoms with van der Waals surface area (Å²) in [4.78, 5) is 11.3. The Hall–Kier alpha value is -1.57. The fourth-order valence-corrected chi connectivity index (χ4v) is 1.29. The molecule has 1 aromatic carbocycles. The fraction of sp³-hybridized carbons (Fsp3) is 0.250. The van der Waals surface area contributed by atoms with Crippen LogP contribution in [-0.2, 0) is 4.74 Å². The van der Waals surface area contributed by atoms with E-state index in [1.165, 1.54) is 6.92 Å². The molecule has 0 saturated heterocycles. The van der Waals surface area contributed by atoms with Gasteiger partial charge in [0.05, 0.1) is 6.61 Å². The molecule has 2 nitrogen and oxygen atoms in total. The zero-order chi connectivity index (χ0) is 10.6. The Labute approximate surface area is 84.2 Å². The van der Waals surface area contributed by atoms with Gasteiger partial charge in [-0.25, -0.2) is 0 Å². The summed E-state index contributed by atoms with van der Waals surface area (Å²) in [5, 5.41) is 0. The summed E-state index contributed by atoms with van der Waals surface area (Å²) in [7, 11) is 0. The molecule has 0 aliphatic heterocycles. The second-order valence-corrected chi connectivity index (χ2v) is 2.96. The van der Waals surface area contributed by atoms with Crippen molar-refractivity contribution in [2.24, 2.45) is 0 Å². The van der Waals surface area contributed by atoms with E-state index in [-0.39, 0.29) is 5.78 Å². The number of hydrogen-bond donors (Lipinski definition) is 0. The van der Waals surface area contributed by atoms with E-state index >= 15 is 0 Å². The molecular weight excluding hydrogens is 176 g/mol. The molecular formula is C12H14O2. The van der Waals surface area contributed by atoms with E-state index in [4.69, 9.17) is 4.74 Å². The average molecular weight is 190 g/mol. The third kappa shape index (κ3) is 2.22. The normalized spacial score (nSPS) is 9.57. The van der Waals surface area contributed by atoms with Crippen LogP contribution < -0.4 is 0 Å². The van der Waals surface area contributed by atoms with Gasteiger partial charge in [0.1, 0.15) is 5.76 Å².